The summed E-state index contributed by atoms with van der Waals surface area (Å²) < 4.78 is 5.33. The van der Waals surface area contributed by atoms with Crippen molar-refractivity contribution in [3.63, 3.8) is 0 Å². The number of hydrogen-bond acceptors (Lipinski definition) is 5. The number of ether oxygens (including phenoxy) is 1. The van der Waals surface area contributed by atoms with E-state index in [2.05, 4.69) is 15.2 Å². The fourth-order valence-corrected chi connectivity index (χ4v) is 2.48. The third-order valence-corrected chi connectivity index (χ3v) is 3.87. The van der Waals surface area contributed by atoms with Crippen LogP contribution in [0, 0.1) is 11.3 Å². The molecule has 1 fully saturated rings. The van der Waals surface area contributed by atoms with Crippen LogP contribution in [0.5, 0.6) is 0 Å². The highest BCUT2D eigenvalue weighted by atomic mass is 16.5. The van der Waals surface area contributed by atoms with Gasteiger partial charge in [-0.15, -0.1) is 0 Å². The molecule has 24 heavy (non-hydrogen) atoms. The Balaban J connectivity index is 1.55. The van der Waals surface area contributed by atoms with Crippen molar-refractivity contribution < 1.29 is 9.53 Å². The average Bonchev–Trinajstić information content (AvgIpc) is 2.67. The van der Waals surface area contributed by atoms with Gasteiger partial charge in [-0.25, -0.2) is 4.98 Å². The molecule has 2 aromatic rings. The van der Waals surface area contributed by atoms with E-state index < -0.39 is 0 Å². The Kier molecular flexibility index (Phi) is 5.04. The van der Waals surface area contributed by atoms with Crippen molar-refractivity contribution in [2.24, 2.45) is 0 Å². The molecule has 1 saturated heterocycles. The highest BCUT2D eigenvalue weighted by Gasteiger charge is 2.12. The highest BCUT2D eigenvalue weighted by Crippen LogP contribution is 2.13. The number of anilines is 1. The molecule has 0 bridgehead atoms. The van der Waals surface area contributed by atoms with Gasteiger partial charge in [0, 0.05) is 31.4 Å². The van der Waals surface area contributed by atoms with Crippen molar-refractivity contribution >= 4 is 11.7 Å². The summed E-state index contributed by atoms with van der Waals surface area (Å²) in [5, 5.41) is 11.6. The van der Waals surface area contributed by atoms with Crippen molar-refractivity contribution in [2.45, 2.75) is 6.54 Å². The van der Waals surface area contributed by atoms with Gasteiger partial charge < -0.3 is 15.0 Å². The predicted octanol–water partition coefficient (Wildman–Crippen LogP) is 1.72. The molecule has 1 amide bonds. The van der Waals surface area contributed by atoms with Gasteiger partial charge in [-0.05, 0) is 35.9 Å². The summed E-state index contributed by atoms with van der Waals surface area (Å²) in [6.07, 6.45) is 1.78. The van der Waals surface area contributed by atoms with Gasteiger partial charge in [0.1, 0.15) is 5.82 Å². The summed E-state index contributed by atoms with van der Waals surface area (Å²) >= 11 is 0. The number of carbonyl (C=O) groups excluding carboxylic acids is 1. The quantitative estimate of drug-likeness (QED) is 0.927. The zero-order valence-corrected chi connectivity index (χ0v) is 13.2. The van der Waals surface area contributed by atoms with E-state index in [1.807, 2.05) is 18.2 Å². The Morgan fingerprint density at radius 1 is 1.21 bits per heavy atom. The van der Waals surface area contributed by atoms with Crippen molar-refractivity contribution in [3.8, 4) is 6.07 Å². The minimum absolute atomic E-state index is 0.170. The SMILES string of the molecule is N#Cc1ccc(C(=O)NCc2ccc(N3CCOCC3)nc2)cc1. The van der Waals surface area contributed by atoms with Crippen LogP contribution < -0.4 is 10.2 Å². The molecule has 1 aliphatic heterocycles. The van der Waals surface area contributed by atoms with Crippen LogP contribution in [0.25, 0.3) is 0 Å². The van der Waals surface area contributed by atoms with Gasteiger partial charge in [0.2, 0.25) is 0 Å². The van der Waals surface area contributed by atoms with E-state index in [0.717, 1.165) is 37.7 Å². The predicted molar refractivity (Wildman–Crippen MR) is 89.6 cm³/mol. The molecule has 3 rings (SSSR count). The molecular formula is C18H18N4O2. The van der Waals surface area contributed by atoms with Gasteiger partial charge in [0.05, 0.1) is 24.8 Å². The number of rotatable bonds is 4. The fraction of sp³-hybridized carbons (Fsp3) is 0.278. The first-order valence-electron chi connectivity index (χ1n) is 7.82. The lowest BCUT2D eigenvalue weighted by Crippen LogP contribution is -2.36. The molecule has 0 aliphatic carbocycles. The molecule has 1 aliphatic rings. The van der Waals surface area contributed by atoms with Crippen LogP contribution in [-0.4, -0.2) is 37.2 Å². The molecule has 1 aromatic carbocycles. The number of nitrogens with one attached hydrogen (secondary N) is 1. The molecule has 122 valence electrons. The maximum Gasteiger partial charge on any atom is 0.251 e. The Bertz CT molecular complexity index is 729. The zero-order chi connectivity index (χ0) is 16.8. The molecule has 6 heteroatoms. The van der Waals surface area contributed by atoms with E-state index in [0.29, 0.717) is 17.7 Å². The second-order valence-corrected chi connectivity index (χ2v) is 5.50. The van der Waals surface area contributed by atoms with Gasteiger partial charge in [-0.2, -0.15) is 5.26 Å². The minimum atomic E-state index is -0.170. The number of pyridine rings is 1. The maximum absolute atomic E-state index is 12.1. The maximum atomic E-state index is 12.1. The first kappa shape index (κ1) is 16.0. The third-order valence-electron chi connectivity index (χ3n) is 3.87. The van der Waals surface area contributed by atoms with Crippen LogP contribution in [0.15, 0.2) is 42.6 Å². The summed E-state index contributed by atoms with van der Waals surface area (Å²) in [7, 11) is 0. The number of benzene rings is 1. The van der Waals surface area contributed by atoms with E-state index in [1.165, 1.54) is 0 Å². The van der Waals surface area contributed by atoms with Crippen molar-refractivity contribution in [2.75, 3.05) is 31.2 Å². The van der Waals surface area contributed by atoms with Crippen molar-refractivity contribution in [3.05, 3.63) is 59.3 Å². The number of morpholine rings is 1. The molecule has 2 heterocycles. The first-order valence-corrected chi connectivity index (χ1v) is 7.82. The number of hydrogen-bond donors (Lipinski definition) is 1. The first-order chi connectivity index (χ1) is 11.8. The Labute approximate surface area is 140 Å². The van der Waals surface area contributed by atoms with Gasteiger partial charge in [0.15, 0.2) is 0 Å². The smallest absolute Gasteiger partial charge is 0.251 e. The lowest BCUT2D eigenvalue weighted by atomic mass is 10.1. The molecule has 0 saturated carbocycles. The van der Waals surface area contributed by atoms with E-state index in [1.54, 1.807) is 30.5 Å². The summed E-state index contributed by atoms with van der Waals surface area (Å²) in [5.41, 5.74) is 2.01. The molecule has 6 nitrogen and oxygen atoms in total. The molecule has 0 unspecified atom stereocenters. The molecule has 1 N–H and O–H groups in total. The van der Waals surface area contributed by atoms with Crippen LogP contribution >= 0.6 is 0 Å². The Morgan fingerprint density at radius 3 is 2.58 bits per heavy atom. The van der Waals surface area contributed by atoms with Gasteiger partial charge >= 0.3 is 0 Å². The molecule has 0 atom stereocenters. The fourth-order valence-electron chi connectivity index (χ4n) is 2.48. The highest BCUT2D eigenvalue weighted by molar-refractivity contribution is 5.94. The number of nitrogens with zero attached hydrogens (tertiary/aromatic N) is 3. The Hall–Kier alpha value is -2.91. The van der Waals surface area contributed by atoms with Gasteiger partial charge in [-0.3, -0.25) is 4.79 Å². The largest absolute Gasteiger partial charge is 0.378 e. The second kappa shape index (κ2) is 7.57. The molecule has 1 aromatic heterocycles. The molecule has 0 spiro atoms. The van der Waals surface area contributed by atoms with Crippen LogP contribution in [-0.2, 0) is 11.3 Å². The lowest BCUT2D eigenvalue weighted by Gasteiger charge is -2.27. The summed E-state index contributed by atoms with van der Waals surface area (Å²) in [6, 6.07) is 12.5. The van der Waals surface area contributed by atoms with Crippen LogP contribution in [0.2, 0.25) is 0 Å². The average molecular weight is 322 g/mol. The van der Waals surface area contributed by atoms with E-state index in [-0.39, 0.29) is 5.91 Å². The van der Waals surface area contributed by atoms with E-state index in [9.17, 15) is 4.79 Å². The van der Waals surface area contributed by atoms with Gasteiger partial charge in [0.25, 0.3) is 5.91 Å². The van der Waals surface area contributed by atoms with Crippen molar-refractivity contribution in [1.82, 2.24) is 10.3 Å². The number of aromatic nitrogens is 1. The minimum Gasteiger partial charge on any atom is -0.378 e. The summed E-state index contributed by atoms with van der Waals surface area (Å²) in [5.74, 6) is 0.761. The second-order valence-electron chi connectivity index (χ2n) is 5.50. The third kappa shape index (κ3) is 3.89. The van der Waals surface area contributed by atoms with Crippen LogP contribution in [0.1, 0.15) is 21.5 Å². The molecule has 0 radical (unpaired) electrons. The van der Waals surface area contributed by atoms with Crippen molar-refractivity contribution in [1.29, 1.82) is 5.26 Å². The zero-order valence-electron chi connectivity index (χ0n) is 13.2. The molecular weight excluding hydrogens is 304 g/mol. The van der Waals surface area contributed by atoms with E-state index in [4.69, 9.17) is 10.00 Å². The van der Waals surface area contributed by atoms with Crippen LogP contribution in [0.4, 0.5) is 5.82 Å². The standard InChI is InChI=1S/C18H18N4O2/c19-11-14-1-4-16(5-2-14)18(23)21-13-15-3-6-17(20-12-15)22-7-9-24-10-8-22/h1-6,12H,7-10,13H2,(H,21,23). The number of amides is 1. The lowest BCUT2D eigenvalue weighted by molar-refractivity contribution is 0.0951. The van der Waals surface area contributed by atoms with E-state index >= 15 is 0 Å². The summed E-state index contributed by atoms with van der Waals surface area (Å²) in [4.78, 5) is 18.7. The number of nitriles is 1. The Morgan fingerprint density at radius 2 is 1.96 bits per heavy atom. The summed E-state index contributed by atoms with van der Waals surface area (Å²) in [6.45, 7) is 3.56. The van der Waals surface area contributed by atoms with Crippen LogP contribution in [0.3, 0.4) is 0 Å². The monoisotopic (exact) mass is 322 g/mol. The number of carbonyl (C=O) groups is 1. The topological polar surface area (TPSA) is 78.2 Å². The van der Waals surface area contributed by atoms with Gasteiger partial charge in [-0.1, -0.05) is 6.07 Å². The normalized spacial score (nSPS) is 14.0.